The fourth-order valence-electron chi connectivity index (χ4n) is 4.91. The predicted molar refractivity (Wildman–Crippen MR) is 130 cm³/mol. The molecule has 0 spiro atoms. The molecule has 2 unspecified atom stereocenters. The molecule has 2 aliphatic rings. The summed E-state index contributed by atoms with van der Waals surface area (Å²) >= 11 is 0. The monoisotopic (exact) mass is 480 g/mol. The second-order valence-electron chi connectivity index (χ2n) is 9.04. The number of benzene rings is 2. The van der Waals surface area contributed by atoms with Crippen LogP contribution in [-0.4, -0.2) is 66.4 Å². The molecule has 0 radical (unpaired) electrons. The number of aliphatic carboxylic acids is 1. The largest absolute Gasteiger partial charge is 0.481 e. The molecule has 4 rings (SSSR count). The van der Waals surface area contributed by atoms with Gasteiger partial charge in [0.15, 0.2) is 0 Å². The van der Waals surface area contributed by atoms with Gasteiger partial charge in [-0.25, -0.2) is 4.79 Å². The van der Waals surface area contributed by atoms with E-state index in [1.54, 1.807) is 4.90 Å². The van der Waals surface area contributed by atoms with E-state index in [2.05, 4.69) is 29.6 Å². The Morgan fingerprint density at radius 1 is 1.11 bits per heavy atom. The van der Waals surface area contributed by atoms with Crippen LogP contribution in [0.3, 0.4) is 0 Å². The average Bonchev–Trinajstić information content (AvgIpc) is 3.18. The van der Waals surface area contributed by atoms with Crippen LogP contribution in [0.15, 0.2) is 48.5 Å². The number of carbonyl (C=O) groups is 3. The summed E-state index contributed by atoms with van der Waals surface area (Å²) in [7, 11) is 0. The number of hydrogen-bond acceptors (Lipinski definition) is 5. The Hall–Kier alpha value is -3.39. The third kappa shape index (κ3) is 6.00. The molecular weight excluding hydrogens is 448 g/mol. The highest BCUT2D eigenvalue weighted by Gasteiger charge is 2.30. The molecule has 1 aliphatic carbocycles. The average molecular weight is 481 g/mol. The molecule has 2 amide bonds. The summed E-state index contributed by atoms with van der Waals surface area (Å²) in [5.41, 5.74) is 4.67. The molecule has 2 aromatic carbocycles. The van der Waals surface area contributed by atoms with Crippen LogP contribution in [0.2, 0.25) is 0 Å². The normalized spacial score (nSPS) is 17.9. The summed E-state index contributed by atoms with van der Waals surface area (Å²) < 4.78 is 11.1. The smallest absolute Gasteiger partial charge is 0.407 e. The van der Waals surface area contributed by atoms with E-state index in [0.29, 0.717) is 26.0 Å². The number of ether oxygens (including phenoxy) is 2. The Bertz CT molecular complexity index is 1030. The molecule has 0 saturated carbocycles. The third-order valence-electron chi connectivity index (χ3n) is 6.76. The van der Waals surface area contributed by atoms with Crippen LogP contribution >= 0.6 is 0 Å². The molecule has 1 heterocycles. The van der Waals surface area contributed by atoms with Gasteiger partial charge in [-0.3, -0.25) is 9.59 Å². The number of nitrogens with one attached hydrogen (secondary N) is 1. The van der Waals surface area contributed by atoms with Crippen molar-refractivity contribution in [1.29, 1.82) is 0 Å². The minimum Gasteiger partial charge on any atom is -0.481 e. The standard InChI is InChI=1S/C27H32N2O6/c1-2-18(11-12-25(30)29-13-14-34-19(16-29)15-26(31)32)28-27(33)35-17-24-22-9-5-3-7-20(22)21-8-4-6-10-23(21)24/h3-10,18-19,24H,2,11-17H2,1H3,(H,28,33)(H,31,32). The van der Waals surface area contributed by atoms with Crippen molar-refractivity contribution in [1.82, 2.24) is 10.2 Å². The minimum atomic E-state index is -0.942. The SMILES string of the molecule is CCC(CCC(=O)N1CCOC(CC(=O)O)C1)NC(=O)OCC1c2ccccc2-c2ccccc21. The van der Waals surface area contributed by atoms with Gasteiger partial charge in [-0.2, -0.15) is 0 Å². The first kappa shape index (κ1) is 24.7. The minimum absolute atomic E-state index is 0.00475. The summed E-state index contributed by atoms with van der Waals surface area (Å²) in [5, 5.41) is 11.9. The van der Waals surface area contributed by atoms with Gasteiger partial charge in [-0.15, -0.1) is 0 Å². The van der Waals surface area contributed by atoms with E-state index < -0.39 is 18.2 Å². The Kier molecular flexibility index (Phi) is 8.02. The molecule has 0 bridgehead atoms. The lowest BCUT2D eigenvalue weighted by Gasteiger charge is -2.32. The van der Waals surface area contributed by atoms with Crippen molar-refractivity contribution in [2.45, 2.75) is 50.7 Å². The number of morpholine rings is 1. The molecule has 1 aliphatic heterocycles. The highest BCUT2D eigenvalue weighted by Crippen LogP contribution is 2.44. The Balaban J connectivity index is 1.26. The van der Waals surface area contributed by atoms with E-state index in [-0.39, 0.29) is 43.9 Å². The lowest BCUT2D eigenvalue weighted by atomic mass is 9.98. The maximum absolute atomic E-state index is 12.6. The maximum Gasteiger partial charge on any atom is 0.407 e. The molecule has 8 nitrogen and oxygen atoms in total. The molecule has 186 valence electrons. The van der Waals surface area contributed by atoms with Crippen molar-refractivity contribution in [2.24, 2.45) is 0 Å². The van der Waals surface area contributed by atoms with Crippen LogP contribution in [0, 0.1) is 0 Å². The number of fused-ring (bicyclic) bond motifs is 3. The molecule has 1 fully saturated rings. The van der Waals surface area contributed by atoms with E-state index >= 15 is 0 Å². The van der Waals surface area contributed by atoms with Gasteiger partial charge in [0.1, 0.15) is 6.61 Å². The molecule has 1 saturated heterocycles. The molecule has 2 aromatic rings. The van der Waals surface area contributed by atoms with Crippen molar-refractivity contribution >= 4 is 18.0 Å². The van der Waals surface area contributed by atoms with Gasteiger partial charge in [-0.1, -0.05) is 55.5 Å². The zero-order valence-corrected chi connectivity index (χ0v) is 19.9. The number of nitrogens with zero attached hydrogens (tertiary/aromatic N) is 1. The summed E-state index contributed by atoms with van der Waals surface area (Å²) in [4.78, 5) is 37.8. The molecule has 2 N–H and O–H groups in total. The van der Waals surface area contributed by atoms with E-state index in [4.69, 9.17) is 14.6 Å². The summed E-state index contributed by atoms with van der Waals surface area (Å²) in [6.45, 7) is 3.26. The van der Waals surface area contributed by atoms with Gasteiger partial charge < -0.3 is 24.8 Å². The van der Waals surface area contributed by atoms with E-state index in [1.165, 1.54) is 11.1 Å². The number of rotatable bonds is 9. The molecule has 35 heavy (non-hydrogen) atoms. The second-order valence-corrected chi connectivity index (χ2v) is 9.04. The van der Waals surface area contributed by atoms with E-state index in [1.807, 2.05) is 31.2 Å². The molecular formula is C27H32N2O6. The van der Waals surface area contributed by atoms with Crippen LogP contribution < -0.4 is 5.32 Å². The number of alkyl carbamates (subject to hydrolysis) is 1. The van der Waals surface area contributed by atoms with Crippen LogP contribution in [-0.2, 0) is 19.1 Å². The Morgan fingerprint density at radius 2 is 1.77 bits per heavy atom. The third-order valence-corrected chi connectivity index (χ3v) is 6.76. The first-order valence-corrected chi connectivity index (χ1v) is 12.2. The van der Waals surface area contributed by atoms with Crippen molar-refractivity contribution in [3.63, 3.8) is 0 Å². The van der Waals surface area contributed by atoms with Gasteiger partial charge in [0.25, 0.3) is 0 Å². The quantitative estimate of drug-likeness (QED) is 0.566. The zero-order chi connectivity index (χ0) is 24.8. The molecule has 2 atom stereocenters. The zero-order valence-electron chi connectivity index (χ0n) is 19.9. The maximum atomic E-state index is 12.6. The summed E-state index contributed by atoms with van der Waals surface area (Å²) in [5.74, 6) is -1.01. The van der Waals surface area contributed by atoms with Crippen molar-refractivity contribution < 1.29 is 29.0 Å². The van der Waals surface area contributed by atoms with Crippen LogP contribution in [0.25, 0.3) is 11.1 Å². The molecule has 8 heteroatoms. The van der Waals surface area contributed by atoms with Crippen molar-refractivity contribution in [2.75, 3.05) is 26.3 Å². The fourth-order valence-corrected chi connectivity index (χ4v) is 4.91. The van der Waals surface area contributed by atoms with Crippen molar-refractivity contribution in [3.8, 4) is 11.1 Å². The Morgan fingerprint density at radius 3 is 2.40 bits per heavy atom. The number of amides is 2. The Labute approximate surface area is 205 Å². The van der Waals surface area contributed by atoms with Crippen LogP contribution in [0.4, 0.5) is 4.79 Å². The lowest BCUT2D eigenvalue weighted by Crippen LogP contribution is -2.46. The first-order valence-electron chi connectivity index (χ1n) is 12.2. The van der Waals surface area contributed by atoms with Gasteiger partial charge >= 0.3 is 12.1 Å². The fraction of sp³-hybridized carbons (Fsp3) is 0.444. The summed E-state index contributed by atoms with van der Waals surface area (Å²) in [6, 6.07) is 16.2. The van der Waals surface area contributed by atoms with E-state index in [0.717, 1.165) is 11.1 Å². The number of carboxylic acid groups (broad SMARTS) is 1. The van der Waals surface area contributed by atoms with Gasteiger partial charge in [0, 0.05) is 31.5 Å². The van der Waals surface area contributed by atoms with Gasteiger partial charge in [0.05, 0.1) is 19.1 Å². The van der Waals surface area contributed by atoms with Gasteiger partial charge in [0.2, 0.25) is 5.91 Å². The lowest BCUT2D eigenvalue weighted by molar-refractivity contribution is -0.147. The molecule has 0 aromatic heterocycles. The van der Waals surface area contributed by atoms with Gasteiger partial charge in [-0.05, 0) is 35.1 Å². The highest BCUT2D eigenvalue weighted by molar-refractivity contribution is 5.79. The number of carbonyl (C=O) groups excluding carboxylic acids is 2. The predicted octanol–water partition coefficient (Wildman–Crippen LogP) is 3.79. The van der Waals surface area contributed by atoms with Crippen LogP contribution in [0.5, 0.6) is 0 Å². The van der Waals surface area contributed by atoms with Crippen LogP contribution in [0.1, 0.15) is 49.7 Å². The second kappa shape index (κ2) is 11.4. The number of carboxylic acids is 1. The first-order chi connectivity index (χ1) is 17.0. The number of hydrogen-bond donors (Lipinski definition) is 2. The van der Waals surface area contributed by atoms with Crippen molar-refractivity contribution in [3.05, 3.63) is 59.7 Å². The van der Waals surface area contributed by atoms with E-state index in [9.17, 15) is 14.4 Å². The topological polar surface area (TPSA) is 105 Å². The highest BCUT2D eigenvalue weighted by atomic mass is 16.5. The summed E-state index contributed by atoms with van der Waals surface area (Å²) in [6.07, 6.45) is 0.334.